The molecule has 0 aliphatic carbocycles. The van der Waals surface area contributed by atoms with E-state index >= 15 is 0 Å². The number of hydrogen-bond donors (Lipinski definition) is 1. The van der Waals surface area contributed by atoms with Crippen LogP contribution in [0.3, 0.4) is 0 Å². The van der Waals surface area contributed by atoms with Gasteiger partial charge in [-0.1, -0.05) is 18.2 Å². The van der Waals surface area contributed by atoms with Crippen molar-refractivity contribution >= 4 is 9.84 Å². The highest BCUT2D eigenvalue weighted by Gasteiger charge is 2.21. The molecule has 0 spiro atoms. The van der Waals surface area contributed by atoms with Crippen LogP contribution in [0, 0.1) is 0 Å². The summed E-state index contributed by atoms with van der Waals surface area (Å²) < 4.78 is 24.3. The predicted molar refractivity (Wildman–Crippen MR) is 72.4 cm³/mol. The number of hydrogen-bond acceptors (Lipinski definition) is 4. The van der Waals surface area contributed by atoms with Gasteiger partial charge in [-0.2, -0.15) is 0 Å². The van der Waals surface area contributed by atoms with Gasteiger partial charge in [0.2, 0.25) is 0 Å². The van der Waals surface area contributed by atoms with E-state index in [1.54, 1.807) is 24.3 Å². The van der Waals surface area contributed by atoms with Crippen LogP contribution in [0.5, 0.6) is 0 Å². The number of rotatable bonds is 4. The summed E-state index contributed by atoms with van der Waals surface area (Å²) in [6.45, 7) is 5.54. The molecule has 1 fully saturated rings. The Morgan fingerprint density at radius 3 is 2.72 bits per heavy atom. The zero-order valence-corrected chi connectivity index (χ0v) is 11.5. The molecule has 1 heterocycles. The second-order valence-corrected chi connectivity index (χ2v) is 6.83. The van der Waals surface area contributed by atoms with Gasteiger partial charge in [-0.25, -0.2) is 8.42 Å². The highest BCUT2D eigenvalue weighted by atomic mass is 32.2. The van der Waals surface area contributed by atoms with Crippen LogP contribution in [-0.4, -0.2) is 51.3 Å². The van der Waals surface area contributed by atoms with Crippen molar-refractivity contribution in [3.63, 3.8) is 0 Å². The first-order valence-corrected chi connectivity index (χ1v) is 7.97. The second-order valence-electron chi connectivity index (χ2n) is 4.72. The quantitative estimate of drug-likeness (QED) is 0.875. The van der Waals surface area contributed by atoms with Gasteiger partial charge in [0.05, 0.1) is 10.6 Å². The van der Waals surface area contributed by atoms with Crippen molar-refractivity contribution in [2.45, 2.75) is 17.9 Å². The van der Waals surface area contributed by atoms with Crippen LogP contribution in [-0.2, 0) is 9.84 Å². The van der Waals surface area contributed by atoms with Gasteiger partial charge in [-0.15, -0.1) is 0 Å². The largest absolute Gasteiger partial charge is 0.314 e. The van der Waals surface area contributed by atoms with Crippen LogP contribution < -0.4 is 5.32 Å². The van der Waals surface area contributed by atoms with Gasteiger partial charge < -0.3 is 5.32 Å². The molecule has 100 valence electrons. The lowest BCUT2D eigenvalue weighted by Crippen LogP contribution is -2.50. The van der Waals surface area contributed by atoms with Crippen LogP contribution in [0.2, 0.25) is 0 Å². The molecule has 0 radical (unpaired) electrons. The molecule has 1 aliphatic rings. The highest BCUT2D eigenvalue weighted by molar-refractivity contribution is 7.91. The minimum atomic E-state index is -3.15. The average molecular weight is 268 g/mol. The van der Waals surface area contributed by atoms with E-state index in [0.717, 1.165) is 19.6 Å². The lowest BCUT2D eigenvalue weighted by molar-refractivity contribution is 0.184. The molecule has 0 saturated carbocycles. The normalized spacial score (nSPS) is 21.9. The van der Waals surface area contributed by atoms with Gasteiger partial charge in [0.25, 0.3) is 0 Å². The molecule has 2 rings (SSSR count). The van der Waals surface area contributed by atoms with Gasteiger partial charge >= 0.3 is 0 Å². The third-order valence-electron chi connectivity index (χ3n) is 3.39. The number of nitrogens with one attached hydrogen (secondary N) is 1. The molecular formula is C13H20N2O2S. The van der Waals surface area contributed by atoms with Gasteiger partial charge in [0, 0.05) is 32.2 Å². The summed E-state index contributed by atoms with van der Waals surface area (Å²) in [5.74, 6) is 0.196. The molecule has 1 aromatic carbocycles. The van der Waals surface area contributed by atoms with Gasteiger partial charge in [0.15, 0.2) is 9.84 Å². The zero-order chi connectivity index (χ0) is 13.0. The molecule has 0 unspecified atom stereocenters. The summed E-state index contributed by atoms with van der Waals surface area (Å²) in [7, 11) is -3.15. The Bertz CT molecular complexity index is 473. The number of nitrogens with zero attached hydrogens (tertiary/aromatic N) is 1. The summed E-state index contributed by atoms with van der Waals surface area (Å²) in [4.78, 5) is 2.66. The number of piperazine rings is 1. The zero-order valence-electron chi connectivity index (χ0n) is 10.7. The van der Waals surface area contributed by atoms with Crippen molar-refractivity contribution in [3.05, 3.63) is 30.3 Å². The predicted octanol–water partition coefficient (Wildman–Crippen LogP) is 0.754. The summed E-state index contributed by atoms with van der Waals surface area (Å²) in [5, 5.41) is 3.30. The molecule has 0 bridgehead atoms. The fraction of sp³-hybridized carbons (Fsp3) is 0.538. The fourth-order valence-corrected chi connectivity index (χ4v) is 3.48. The molecule has 1 atom stereocenters. The first-order chi connectivity index (χ1) is 8.59. The Morgan fingerprint density at radius 2 is 2.06 bits per heavy atom. The lowest BCUT2D eigenvalue weighted by Gasteiger charge is -2.33. The Hall–Kier alpha value is -0.910. The Kier molecular flexibility index (Phi) is 4.37. The molecule has 18 heavy (non-hydrogen) atoms. The van der Waals surface area contributed by atoms with Crippen LogP contribution in [0.15, 0.2) is 35.2 Å². The van der Waals surface area contributed by atoms with Gasteiger partial charge in [-0.3, -0.25) is 4.90 Å². The van der Waals surface area contributed by atoms with E-state index in [1.807, 2.05) is 6.07 Å². The van der Waals surface area contributed by atoms with E-state index < -0.39 is 9.84 Å². The first kappa shape index (κ1) is 13.5. The molecule has 0 aromatic heterocycles. The Labute approximate surface area is 109 Å². The van der Waals surface area contributed by atoms with E-state index in [1.165, 1.54) is 0 Å². The average Bonchev–Trinajstić information content (AvgIpc) is 2.39. The maximum atomic E-state index is 12.1. The third kappa shape index (κ3) is 3.31. The summed E-state index contributed by atoms with van der Waals surface area (Å²) in [5.41, 5.74) is 0. The summed E-state index contributed by atoms with van der Waals surface area (Å²) in [6.07, 6.45) is 0. The first-order valence-electron chi connectivity index (χ1n) is 6.32. The minimum absolute atomic E-state index is 0.196. The SMILES string of the molecule is C[C@H]1CNCCN1CCS(=O)(=O)c1ccccc1. The number of sulfone groups is 1. The van der Waals surface area contributed by atoms with Crippen molar-refractivity contribution in [3.8, 4) is 0 Å². The van der Waals surface area contributed by atoms with Crippen LogP contribution in [0.25, 0.3) is 0 Å². The van der Waals surface area contributed by atoms with E-state index in [4.69, 9.17) is 0 Å². The molecule has 4 nitrogen and oxygen atoms in total. The molecule has 1 aliphatic heterocycles. The van der Waals surface area contributed by atoms with Crippen molar-refractivity contribution < 1.29 is 8.42 Å². The smallest absolute Gasteiger partial charge is 0.179 e. The summed E-state index contributed by atoms with van der Waals surface area (Å²) >= 11 is 0. The molecule has 1 saturated heterocycles. The maximum absolute atomic E-state index is 12.1. The fourth-order valence-electron chi connectivity index (χ4n) is 2.20. The Morgan fingerprint density at radius 1 is 1.33 bits per heavy atom. The van der Waals surface area contributed by atoms with E-state index in [9.17, 15) is 8.42 Å². The van der Waals surface area contributed by atoms with E-state index in [-0.39, 0.29) is 5.75 Å². The molecule has 1 aromatic rings. The van der Waals surface area contributed by atoms with Crippen molar-refractivity contribution in [1.82, 2.24) is 10.2 Å². The Balaban J connectivity index is 1.97. The summed E-state index contributed by atoms with van der Waals surface area (Å²) in [6, 6.07) is 9.09. The second kappa shape index (κ2) is 5.82. The van der Waals surface area contributed by atoms with E-state index in [2.05, 4.69) is 17.1 Å². The maximum Gasteiger partial charge on any atom is 0.179 e. The van der Waals surface area contributed by atoms with Gasteiger partial charge in [0.1, 0.15) is 0 Å². The minimum Gasteiger partial charge on any atom is -0.314 e. The topological polar surface area (TPSA) is 49.4 Å². The lowest BCUT2D eigenvalue weighted by atomic mass is 10.2. The van der Waals surface area contributed by atoms with Crippen molar-refractivity contribution in [1.29, 1.82) is 0 Å². The molecular weight excluding hydrogens is 248 g/mol. The molecule has 0 amide bonds. The molecule has 5 heteroatoms. The number of benzene rings is 1. The monoisotopic (exact) mass is 268 g/mol. The van der Waals surface area contributed by atoms with E-state index in [0.29, 0.717) is 17.5 Å². The van der Waals surface area contributed by atoms with Crippen LogP contribution in [0.1, 0.15) is 6.92 Å². The molecule has 1 N–H and O–H groups in total. The highest BCUT2D eigenvalue weighted by Crippen LogP contribution is 2.11. The van der Waals surface area contributed by atoms with Gasteiger partial charge in [-0.05, 0) is 19.1 Å². The third-order valence-corrected chi connectivity index (χ3v) is 5.10. The van der Waals surface area contributed by atoms with Crippen molar-refractivity contribution in [2.24, 2.45) is 0 Å². The van der Waals surface area contributed by atoms with Crippen LogP contribution >= 0.6 is 0 Å². The van der Waals surface area contributed by atoms with Crippen molar-refractivity contribution in [2.75, 3.05) is 31.9 Å². The standard InChI is InChI=1S/C13H20N2O2S/c1-12-11-14-7-8-15(12)9-10-18(16,17)13-5-3-2-4-6-13/h2-6,12,14H,7-11H2,1H3/t12-/m0/s1. The van der Waals surface area contributed by atoms with Crippen LogP contribution in [0.4, 0.5) is 0 Å².